The fourth-order valence-corrected chi connectivity index (χ4v) is 4.56. The Morgan fingerprint density at radius 1 is 1.08 bits per heavy atom. The molecule has 1 fully saturated rings. The highest BCUT2D eigenvalue weighted by atomic mass is 16.2. The first-order chi connectivity index (χ1) is 17.8. The van der Waals surface area contributed by atoms with Crippen molar-refractivity contribution < 1.29 is 4.79 Å². The summed E-state index contributed by atoms with van der Waals surface area (Å²) in [5.41, 5.74) is -0.0179. The molecule has 0 bridgehead atoms. The monoisotopic (exact) mass is 504 g/mol. The Balaban J connectivity index is 1.36. The largest absolute Gasteiger partial charge is 0.338 e. The summed E-state index contributed by atoms with van der Waals surface area (Å²) in [5, 5.41) is 2.77. The number of carbonyl (C=O) groups is 1. The van der Waals surface area contributed by atoms with Crippen LogP contribution in [0.3, 0.4) is 0 Å². The average molecular weight is 505 g/mol. The van der Waals surface area contributed by atoms with Crippen molar-refractivity contribution in [2.75, 3.05) is 16.8 Å². The van der Waals surface area contributed by atoms with E-state index in [0.717, 1.165) is 24.0 Å². The lowest BCUT2D eigenvalue weighted by atomic mass is 10.0. The van der Waals surface area contributed by atoms with E-state index in [1.807, 2.05) is 0 Å². The first-order valence-corrected chi connectivity index (χ1v) is 12.1. The van der Waals surface area contributed by atoms with Gasteiger partial charge >= 0.3 is 5.69 Å². The summed E-state index contributed by atoms with van der Waals surface area (Å²) >= 11 is 0. The van der Waals surface area contributed by atoms with E-state index < -0.39 is 23.2 Å². The predicted octanol–water partition coefficient (Wildman–Crippen LogP) is 1.26. The molecule has 0 radical (unpaired) electrons. The normalized spacial score (nSPS) is 16.6. The minimum atomic E-state index is -0.803. The van der Waals surface area contributed by atoms with Crippen LogP contribution in [0.2, 0.25) is 0 Å². The van der Waals surface area contributed by atoms with Crippen LogP contribution in [-0.4, -0.2) is 57.1 Å². The molecule has 13 nitrogen and oxygen atoms in total. The van der Waals surface area contributed by atoms with Crippen molar-refractivity contribution in [3.05, 3.63) is 51.8 Å². The number of piperidine rings is 1. The van der Waals surface area contributed by atoms with Crippen LogP contribution in [0.15, 0.2) is 40.6 Å². The molecular weight excluding hydrogens is 476 g/mol. The lowest BCUT2D eigenvalue weighted by Gasteiger charge is -2.33. The van der Waals surface area contributed by atoms with Crippen molar-refractivity contribution in [1.29, 1.82) is 0 Å². The second kappa shape index (κ2) is 9.56. The van der Waals surface area contributed by atoms with Gasteiger partial charge in [-0.15, -0.1) is 0 Å². The number of rotatable bonds is 5. The van der Waals surface area contributed by atoms with Gasteiger partial charge < -0.3 is 14.8 Å². The maximum atomic E-state index is 13.1. The Hall–Kier alpha value is -4.42. The van der Waals surface area contributed by atoms with Crippen molar-refractivity contribution in [1.82, 2.24) is 38.6 Å². The molecule has 13 heteroatoms. The van der Waals surface area contributed by atoms with Crippen molar-refractivity contribution in [3.8, 4) is 11.4 Å². The first kappa shape index (κ1) is 24.3. The van der Waals surface area contributed by atoms with E-state index in [9.17, 15) is 14.4 Å². The average Bonchev–Trinajstić information content (AvgIpc) is 3.36. The number of hydrogen-bond donors (Lipinski definition) is 1. The molecule has 1 aliphatic rings. The zero-order chi connectivity index (χ0) is 26.3. The van der Waals surface area contributed by atoms with Gasteiger partial charge in [-0.1, -0.05) is 0 Å². The Bertz CT molecular complexity index is 1590. The summed E-state index contributed by atoms with van der Waals surface area (Å²) in [7, 11) is 2.91. The van der Waals surface area contributed by atoms with Crippen molar-refractivity contribution >= 4 is 28.8 Å². The molecule has 5 rings (SSSR count). The molecule has 2 unspecified atom stereocenters. The number of imidazole rings is 1. The van der Waals surface area contributed by atoms with Gasteiger partial charge in [-0.05, 0) is 39.2 Å². The molecule has 0 spiro atoms. The molecule has 5 heterocycles. The first-order valence-electron chi connectivity index (χ1n) is 12.1. The van der Waals surface area contributed by atoms with Crippen LogP contribution in [0.5, 0.6) is 0 Å². The number of amides is 1. The highest BCUT2D eigenvalue weighted by Crippen LogP contribution is 2.23. The van der Waals surface area contributed by atoms with Gasteiger partial charge in [-0.3, -0.25) is 18.7 Å². The minimum absolute atomic E-state index is 0.163. The fourth-order valence-electron chi connectivity index (χ4n) is 4.56. The van der Waals surface area contributed by atoms with Gasteiger partial charge in [0.2, 0.25) is 11.9 Å². The number of aryl methyl sites for hydroxylation is 1. The number of aromatic nitrogens is 8. The molecule has 1 amide bonds. The van der Waals surface area contributed by atoms with Gasteiger partial charge in [-0.2, -0.15) is 0 Å². The Kier molecular flexibility index (Phi) is 6.27. The van der Waals surface area contributed by atoms with Gasteiger partial charge in [0.1, 0.15) is 11.9 Å². The third kappa shape index (κ3) is 4.36. The quantitative estimate of drug-likeness (QED) is 0.424. The van der Waals surface area contributed by atoms with Crippen LogP contribution in [0.25, 0.3) is 22.6 Å². The summed E-state index contributed by atoms with van der Waals surface area (Å²) < 4.78 is 3.71. The molecule has 1 saturated heterocycles. The van der Waals surface area contributed by atoms with Crippen LogP contribution >= 0.6 is 0 Å². The molecule has 0 aromatic carbocycles. The SMILES string of the molecule is CC1CCCCN1c1ncc(-c2nccc(NC(=O)C(C)n3cnc4c3c(=O)n(C)c(=O)n4C)n2)cn1. The molecule has 2 atom stereocenters. The zero-order valence-corrected chi connectivity index (χ0v) is 21.1. The van der Waals surface area contributed by atoms with Crippen LogP contribution in [0.4, 0.5) is 11.8 Å². The lowest BCUT2D eigenvalue weighted by Crippen LogP contribution is -2.38. The summed E-state index contributed by atoms with van der Waals surface area (Å²) in [6.07, 6.45) is 9.75. The lowest BCUT2D eigenvalue weighted by molar-refractivity contribution is -0.118. The molecule has 1 N–H and O–H groups in total. The molecule has 0 aliphatic carbocycles. The van der Waals surface area contributed by atoms with Crippen LogP contribution < -0.4 is 21.5 Å². The Morgan fingerprint density at radius 3 is 2.57 bits per heavy atom. The number of nitrogens with zero attached hydrogens (tertiary/aromatic N) is 9. The van der Waals surface area contributed by atoms with E-state index in [2.05, 4.69) is 42.1 Å². The molecule has 192 valence electrons. The molecule has 0 saturated carbocycles. The molecule has 1 aliphatic heterocycles. The van der Waals surface area contributed by atoms with E-state index in [-0.39, 0.29) is 11.2 Å². The van der Waals surface area contributed by atoms with Crippen molar-refractivity contribution in [2.24, 2.45) is 14.1 Å². The number of fused-ring (bicyclic) bond motifs is 1. The maximum Gasteiger partial charge on any atom is 0.332 e. The van der Waals surface area contributed by atoms with Gasteiger partial charge in [-0.25, -0.2) is 29.7 Å². The standard InChI is InChI=1S/C24H28N10O3/c1-14-7-5-6-10-33(14)23-26-11-16(12-27-23)19-25-9-8-17(29-19)30-21(35)15(2)34-13-28-20-18(34)22(36)32(4)24(37)31(20)3/h8-9,11-15H,5-7,10H2,1-4H3,(H,25,29,30,35). The molecule has 37 heavy (non-hydrogen) atoms. The Morgan fingerprint density at radius 2 is 1.84 bits per heavy atom. The van der Waals surface area contributed by atoms with Crippen molar-refractivity contribution in [3.63, 3.8) is 0 Å². The number of carbonyl (C=O) groups excluding carboxylic acids is 1. The molecular formula is C24H28N10O3. The molecule has 4 aromatic heterocycles. The van der Waals surface area contributed by atoms with Gasteiger partial charge in [0, 0.05) is 45.3 Å². The highest BCUT2D eigenvalue weighted by molar-refractivity contribution is 5.93. The van der Waals surface area contributed by atoms with Gasteiger partial charge in [0.05, 0.1) is 11.9 Å². The summed E-state index contributed by atoms with van der Waals surface area (Å²) in [5.74, 6) is 0.942. The van der Waals surface area contributed by atoms with Crippen LogP contribution in [-0.2, 0) is 18.9 Å². The van der Waals surface area contributed by atoms with E-state index >= 15 is 0 Å². The zero-order valence-electron chi connectivity index (χ0n) is 21.1. The topological polar surface area (TPSA) is 146 Å². The van der Waals surface area contributed by atoms with E-state index in [1.54, 1.807) is 31.6 Å². The number of nitrogens with one attached hydrogen (secondary N) is 1. The van der Waals surface area contributed by atoms with E-state index in [0.29, 0.717) is 29.2 Å². The number of hydrogen-bond acceptors (Lipinski definition) is 9. The second-order valence-electron chi connectivity index (χ2n) is 9.27. The number of anilines is 2. The van der Waals surface area contributed by atoms with Crippen LogP contribution in [0.1, 0.15) is 39.2 Å². The maximum absolute atomic E-state index is 13.1. The summed E-state index contributed by atoms with van der Waals surface area (Å²) in [4.78, 5) is 62.2. The second-order valence-corrected chi connectivity index (χ2v) is 9.27. The predicted molar refractivity (Wildman–Crippen MR) is 137 cm³/mol. The van der Waals surface area contributed by atoms with E-state index in [1.165, 1.54) is 36.0 Å². The van der Waals surface area contributed by atoms with E-state index in [4.69, 9.17) is 0 Å². The molecule has 4 aromatic rings. The van der Waals surface area contributed by atoms with Gasteiger partial charge in [0.25, 0.3) is 5.56 Å². The summed E-state index contributed by atoms with van der Waals surface area (Å²) in [6.45, 7) is 4.75. The van der Waals surface area contributed by atoms with Gasteiger partial charge in [0.15, 0.2) is 17.0 Å². The highest BCUT2D eigenvalue weighted by Gasteiger charge is 2.23. The Labute approximate surface area is 211 Å². The smallest absolute Gasteiger partial charge is 0.332 e. The van der Waals surface area contributed by atoms with Crippen molar-refractivity contribution in [2.45, 2.75) is 45.2 Å². The minimum Gasteiger partial charge on any atom is -0.338 e. The van der Waals surface area contributed by atoms with Crippen LogP contribution in [0, 0.1) is 0 Å². The summed E-state index contributed by atoms with van der Waals surface area (Å²) in [6, 6.07) is 1.17. The third-order valence-corrected chi connectivity index (χ3v) is 6.83. The fraction of sp³-hybridized carbons (Fsp3) is 0.417. The third-order valence-electron chi connectivity index (χ3n) is 6.83.